The number of pyridine rings is 1. The fraction of sp³-hybridized carbons (Fsp3) is 0.350. The number of carbonyl (C=O) groups excluding carboxylic acids is 1. The molecule has 8 nitrogen and oxygen atoms in total. The molecule has 0 aliphatic rings. The minimum atomic E-state index is -0.180. The Kier molecular flexibility index (Phi) is 6.81. The second kappa shape index (κ2) is 9.07. The molecule has 1 amide bonds. The quantitative estimate of drug-likeness (QED) is 0.559. The highest BCUT2D eigenvalue weighted by Gasteiger charge is 2.20. The molecule has 0 bridgehead atoms. The standard InChI is InChI=1S/C20H28N6O2/c1-13(2)12-25(4)20(27)16-10-17(15-7-6-14(3)11-23-15)26(24-16)18(21)8-9-19(22)28-5/h6-11,13H,12,21-22H2,1-5H3/b18-8+,19-9+. The van der Waals surface area contributed by atoms with Gasteiger partial charge in [-0.3, -0.25) is 9.78 Å². The van der Waals surface area contributed by atoms with Crippen molar-refractivity contribution in [3.63, 3.8) is 0 Å². The number of rotatable bonds is 7. The number of hydrogen-bond donors (Lipinski definition) is 2. The first-order valence-corrected chi connectivity index (χ1v) is 8.98. The van der Waals surface area contributed by atoms with Crippen LogP contribution in [-0.2, 0) is 4.74 Å². The summed E-state index contributed by atoms with van der Waals surface area (Å²) in [5.41, 5.74) is 14.4. The number of aryl methyl sites for hydroxylation is 1. The number of amides is 1. The molecule has 0 saturated heterocycles. The van der Waals surface area contributed by atoms with Gasteiger partial charge < -0.3 is 21.1 Å². The van der Waals surface area contributed by atoms with Crippen LogP contribution >= 0.6 is 0 Å². The molecule has 0 aliphatic heterocycles. The molecule has 4 N–H and O–H groups in total. The zero-order valence-corrected chi connectivity index (χ0v) is 17.0. The Morgan fingerprint density at radius 2 is 2.04 bits per heavy atom. The Bertz CT molecular complexity index is 881. The van der Waals surface area contributed by atoms with Gasteiger partial charge in [-0.05, 0) is 36.6 Å². The van der Waals surface area contributed by atoms with Gasteiger partial charge in [0.1, 0.15) is 5.82 Å². The minimum Gasteiger partial charge on any atom is -0.483 e. The predicted octanol–water partition coefficient (Wildman–Crippen LogP) is 2.19. The Hall–Kier alpha value is -3.29. The first-order valence-electron chi connectivity index (χ1n) is 8.98. The molecule has 8 heteroatoms. The van der Waals surface area contributed by atoms with Gasteiger partial charge in [0.2, 0.25) is 0 Å². The Morgan fingerprint density at radius 3 is 2.61 bits per heavy atom. The molecule has 150 valence electrons. The van der Waals surface area contributed by atoms with E-state index >= 15 is 0 Å². The van der Waals surface area contributed by atoms with E-state index in [2.05, 4.69) is 23.9 Å². The fourth-order valence-electron chi connectivity index (χ4n) is 2.62. The summed E-state index contributed by atoms with van der Waals surface area (Å²) in [4.78, 5) is 18.9. The smallest absolute Gasteiger partial charge is 0.274 e. The first kappa shape index (κ1) is 21.0. The van der Waals surface area contributed by atoms with Crippen molar-refractivity contribution in [3.05, 3.63) is 53.7 Å². The minimum absolute atomic E-state index is 0.180. The van der Waals surface area contributed by atoms with Gasteiger partial charge in [0.15, 0.2) is 11.6 Å². The maximum absolute atomic E-state index is 12.8. The van der Waals surface area contributed by atoms with Crippen molar-refractivity contribution in [1.29, 1.82) is 0 Å². The highest BCUT2D eigenvalue weighted by molar-refractivity contribution is 5.93. The molecule has 0 spiro atoms. The van der Waals surface area contributed by atoms with E-state index in [0.717, 1.165) is 5.56 Å². The molecular weight excluding hydrogens is 356 g/mol. The summed E-state index contributed by atoms with van der Waals surface area (Å²) in [6.07, 6.45) is 4.84. The number of nitrogens with zero attached hydrogens (tertiary/aromatic N) is 4. The van der Waals surface area contributed by atoms with E-state index in [0.29, 0.717) is 29.5 Å². The van der Waals surface area contributed by atoms with E-state index in [1.165, 1.54) is 17.9 Å². The molecule has 0 atom stereocenters. The van der Waals surface area contributed by atoms with Crippen LogP contribution < -0.4 is 11.5 Å². The van der Waals surface area contributed by atoms with E-state index in [9.17, 15) is 4.79 Å². The zero-order chi connectivity index (χ0) is 20.8. The van der Waals surface area contributed by atoms with Gasteiger partial charge in [-0.15, -0.1) is 0 Å². The van der Waals surface area contributed by atoms with Gasteiger partial charge in [0, 0.05) is 25.9 Å². The van der Waals surface area contributed by atoms with Crippen LogP contribution in [0.3, 0.4) is 0 Å². The summed E-state index contributed by atoms with van der Waals surface area (Å²) in [6, 6.07) is 5.50. The Morgan fingerprint density at radius 1 is 1.32 bits per heavy atom. The largest absolute Gasteiger partial charge is 0.483 e. The highest BCUT2D eigenvalue weighted by Crippen LogP contribution is 2.22. The molecule has 0 aliphatic carbocycles. The van der Waals surface area contributed by atoms with Crippen molar-refractivity contribution in [2.75, 3.05) is 20.7 Å². The second-order valence-electron chi connectivity index (χ2n) is 6.99. The van der Waals surface area contributed by atoms with E-state index in [1.54, 1.807) is 30.3 Å². The van der Waals surface area contributed by atoms with Crippen LogP contribution in [0, 0.1) is 12.8 Å². The molecule has 2 aromatic rings. The first-order chi connectivity index (χ1) is 13.2. The van der Waals surface area contributed by atoms with Gasteiger partial charge in [-0.2, -0.15) is 5.10 Å². The van der Waals surface area contributed by atoms with Gasteiger partial charge in [-0.25, -0.2) is 4.68 Å². The summed E-state index contributed by atoms with van der Waals surface area (Å²) in [7, 11) is 3.22. The number of allylic oxidation sites excluding steroid dienone is 2. The van der Waals surface area contributed by atoms with Crippen LogP contribution in [-0.4, -0.2) is 46.3 Å². The van der Waals surface area contributed by atoms with Gasteiger partial charge in [-0.1, -0.05) is 19.9 Å². The van der Waals surface area contributed by atoms with Crippen LogP contribution in [0.15, 0.2) is 42.4 Å². The van der Waals surface area contributed by atoms with Crippen molar-refractivity contribution < 1.29 is 9.53 Å². The van der Waals surface area contributed by atoms with E-state index in [-0.39, 0.29) is 17.6 Å². The summed E-state index contributed by atoms with van der Waals surface area (Å²) in [6.45, 7) is 6.69. The molecule has 0 radical (unpaired) electrons. The van der Waals surface area contributed by atoms with Crippen molar-refractivity contribution in [2.24, 2.45) is 17.4 Å². The molecule has 2 heterocycles. The molecule has 28 heavy (non-hydrogen) atoms. The third-order valence-corrected chi connectivity index (χ3v) is 3.99. The zero-order valence-electron chi connectivity index (χ0n) is 17.0. The lowest BCUT2D eigenvalue weighted by Gasteiger charge is -2.17. The SMILES string of the molecule is CO/C(N)=C/C=C(\N)n1nc(C(=O)N(C)CC(C)C)cc1-c1ccc(C)cn1. The molecule has 2 rings (SSSR count). The van der Waals surface area contributed by atoms with E-state index in [1.807, 2.05) is 19.1 Å². The van der Waals surface area contributed by atoms with Crippen molar-refractivity contribution in [1.82, 2.24) is 19.7 Å². The lowest BCUT2D eigenvalue weighted by molar-refractivity contribution is 0.0773. The number of nitrogens with two attached hydrogens (primary N) is 2. The summed E-state index contributed by atoms with van der Waals surface area (Å²) >= 11 is 0. The molecule has 2 aromatic heterocycles. The summed E-state index contributed by atoms with van der Waals surface area (Å²) < 4.78 is 6.39. The molecule has 0 saturated carbocycles. The summed E-state index contributed by atoms with van der Waals surface area (Å²) in [5, 5.41) is 4.42. The fourth-order valence-corrected chi connectivity index (χ4v) is 2.62. The number of hydrogen-bond acceptors (Lipinski definition) is 6. The summed E-state index contributed by atoms with van der Waals surface area (Å²) in [5.74, 6) is 0.656. The van der Waals surface area contributed by atoms with Crippen molar-refractivity contribution in [2.45, 2.75) is 20.8 Å². The average molecular weight is 384 g/mol. The molecule has 0 fully saturated rings. The lowest BCUT2D eigenvalue weighted by atomic mass is 10.2. The Labute approximate surface area is 165 Å². The molecule has 0 aromatic carbocycles. The van der Waals surface area contributed by atoms with Crippen LogP contribution in [0.5, 0.6) is 0 Å². The van der Waals surface area contributed by atoms with Crippen LogP contribution in [0.1, 0.15) is 29.9 Å². The van der Waals surface area contributed by atoms with Gasteiger partial charge in [0.25, 0.3) is 5.91 Å². The monoisotopic (exact) mass is 384 g/mol. The van der Waals surface area contributed by atoms with Crippen LogP contribution in [0.25, 0.3) is 17.2 Å². The van der Waals surface area contributed by atoms with Crippen molar-refractivity contribution in [3.8, 4) is 11.4 Å². The predicted molar refractivity (Wildman–Crippen MR) is 110 cm³/mol. The highest BCUT2D eigenvalue weighted by atomic mass is 16.5. The average Bonchev–Trinajstić information content (AvgIpc) is 3.10. The molecule has 0 unspecified atom stereocenters. The van der Waals surface area contributed by atoms with Crippen molar-refractivity contribution >= 4 is 11.7 Å². The maximum Gasteiger partial charge on any atom is 0.274 e. The van der Waals surface area contributed by atoms with E-state index in [4.69, 9.17) is 16.2 Å². The normalized spacial score (nSPS) is 12.4. The number of aromatic nitrogens is 3. The van der Waals surface area contributed by atoms with E-state index < -0.39 is 0 Å². The van der Waals surface area contributed by atoms with Crippen LogP contribution in [0.4, 0.5) is 0 Å². The van der Waals surface area contributed by atoms with Gasteiger partial charge in [0.05, 0.1) is 18.5 Å². The third kappa shape index (κ3) is 5.12. The third-order valence-electron chi connectivity index (χ3n) is 3.99. The Balaban J connectivity index is 2.51. The number of carbonyl (C=O) groups is 1. The second-order valence-corrected chi connectivity index (χ2v) is 6.99. The molecular formula is C20H28N6O2. The number of methoxy groups -OCH3 is 1. The van der Waals surface area contributed by atoms with Crippen LogP contribution in [0.2, 0.25) is 0 Å². The topological polar surface area (TPSA) is 112 Å². The number of ether oxygens (including phenoxy) is 1. The lowest BCUT2D eigenvalue weighted by Crippen LogP contribution is -2.30. The van der Waals surface area contributed by atoms with Gasteiger partial charge >= 0.3 is 0 Å². The maximum atomic E-state index is 12.8.